The fourth-order valence-corrected chi connectivity index (χ4v) is 0.825. The Morgan fingerprint density at radius 2 is 1.94 bits per heavy atom. The molecule has 0 saturated carbocycles. The van der Waals surface area contributed by atoms with Gasteiger partial charge in [-0.2, -0.15) is 0 Å². The van der Waals surface area contributed by atoms with Crippen LogP contribution in [0, 0.1) is 0 Å². The third kappa shape index (κ3) is 7.43. The molecule has 0 saturated heterocycles. The third-order valence-electron chi connectivity index (χ3n) is 2.02. The topological polar surface area (TPSA) is 81.7 Å². The van der Waals surface area contributed by atoms with Gasteiger partial charge in [-0.15, -0.1) is 0 Å². The van der Waals surface area contributed by atoms with Crippen molar-refractivity contribution in [3.05, 3.63) is 12.2 Å². The lowest BCUT2D eigenvalue weighted by molar-refractivity contribution is -0.149. The van der Waals surface area contributed by atoms with Crippen molar-refractivity contribution in [1.82, 2.24) is 5.32 Å². The number of nitrogens with one attached hydrogen (secondary N) is 1. The zero-order chi connectivity index (χ0) is 14.1. The highest BCUT2D eigenvalue weighted by molar-refractivity contribution is 5.90. The maximum absolute atomic E-state index is 11.2. The van der Waals surface area contributed by atoms with E-state index in [0.717, 1.165) is 0 Å². The second-order valence-corrected chi connectivity index (χ2v) is 3.84. The van der Waals surface area contributed by atoms with Gasteiger partial charge in [0.25, 0.3) is 5.91 Å². The Balaban J connectivity index is 3.80. The van der Waals surface area contributed by atoms with E-state index < -0.39 is 24.5 Å². The third-order valence-corrected chi connectivity index (χ3v) is 2.02. The molecule has 0 aromatic carbocycles. The first-order chi connectivity index (χ1) is 8.36. The zero-order valence-corrected chi connectivity index (χ0v) is 10.9. The number of rotatable bonds is 7. The molecule has 0 radical (unpaired) electrons. The summed E-state index contributed by atoms with van der Waals surface area (Å²) >= 11 is 0. The minimum absolute atomic E-state index is 0.185. The molecule has 1 unspecified atom stereocenters. The van der Waals surface area contributed by atoms with E-state index in [0.29, 0.717) is 6.42 Å². The Morgan fingerprint density at radius 1 is 1.33 bits per heavy atom. The number of carbonyl (C=O) groups excluding carboxylic acids is 3. The van der Waals surface area contributed by atoms with Gasteiger partial charge in [0.15, 0.2) is 6.61 Å². The van der Waals surface area contributed by atoms with Gasteiger partial charge in [0.1, 0.15) is 6.54 Å². The molecular weight excluding hydrogens is 238 g/mol. The van der Waals surface area contributed by atoms with Gasteiger partial charge in [-0.05, 0) is 20.3 Å². The van der Waals surface area contributed by atoms with Crippen molar-refractivity contribution >= 4 is 17.8 Å². The van der Waals surface area contributed by atoms with Gasteiger partial charge < -0.3 is 14.8 Å². The lowest BCUT2D eigenvalue weighted by Gasteiger charge is -2.11. The van der Waals surface area contributed by atoms with E-state index in [-0.39, 0.29) is 18.2 Å². The van der Waals surface area contributed by atoms with E-state index in [2.05, 4.69) is 16.6 Å². The smallest absolute Gasteiger partial charge is 0.333 e. The number of carbonyl (C=O) groups is 3. The monoisotopic (exact) mass is 257 g/mol. The van der Waals surface area contributed by atoms with Crippen molar-refractivity contribution in [2.75, 3.05) is 13.2 Å². The first-order valence-corrected chi connectivity index (χ1v) is 5.65. The Labute approximate surface area is 106 Å². The van der Waals surface area contributed by atoms with E-state index in [4.69, 9.17) is 4.74 Å². The van der Waals surface area contributed by atoms with E-state index in [1.165, 1.54) is 6.92 Å². The van der Waals surface area contributed by atoms with Crippen molar-refractivity contribution in [2.24, 2.45) is 0 Å². The first kappa shape index (κ1) is 16.1. The summed E-state index contributed by atoms with van der Waals surface area (Å²) in [5, 5.41) is 2.29. The van der Waals surface area contributed by atoms with Crippen molar-refractivity contribution in [2.45, 2.75) is 33.3 Å². The van der Waals surface area contributed by atoms with Crippen LogP contribution in [0.25, 0.3) is 0 Å². The molecule has 0 spiro atoms. The summed E-state index contributed by atoms with van der Waals surface area (Å²) in [5.74, 6) is -1.73. The van der Waals surface area contributed by atoms with Crippen LogP contribution in [-0.4, -0.2) is 37.1 Å². The average Bonchev–Trinajstić information content (AvgIpc) is 2.32. The van der Waals surface area contributed by atoms with E-state index in [1.807, 2.05) is 6.92 Å². The van der Waals surface area contributed by atoms with Gasteiger partial charge in [0.2, 0.25) is 0 Å². The fourth-order valence-electron chi connectivity index (χ4n) is 0.825. The van der Waals surface area contributed by atoms with Crippen LogP contribution in [0.5, 0.6) is 0 Å². The van der Waals surface area contributed by atoms with Gasteiger partial charge >= 0.3 is 11.9 Å². The highest BCUT2D eigenvalue weighted by Gasteiger charge is 2.11. The second kappa shape index (κ2) is 8.27. The second-order valence-electron chi connectivity index (χ2n) is 3.84. The summed E-state index contributed by atoms with van der Waals surface area (Å²) in [5.41, 5.74) is 0.207. The largest absolute Gasteiger partial charge is 0.461 e. The zero-order valence-electron chi connectivity index (χ0n) is 10.9. The molecule has 18 heavy (non-hydrogen) atoms. The molecule has 0 aromatic rings. The summed E-state index contributed by atoms with van der Waals surface area (Å²) in [6.45, 7) is 7.80. The van der Waals surface area contributed by atoms with Crippen LogP contribution in [0.1, 0.15) is 27.2 Å². The lowest BCUT2D eigenvalue weighted by Crippen LogP contribution is -2.34. The van der Waals surface area contributed by atoms with Crippen molar-refractivity contribution in [3.63, 3.8) is 0 Å². The summed E-state index contributed by atoms with van der Waals surface area (Å²) in [6.07, 6.45) is 0.520. The molecule has 0 aromatic heterocycles. The molecule has 6 heteroatoms. The molecule has 0 rings (SSSR count). The summed E-state index contributed by atoms with van der Waals surface area (Å²) < 4.78 is 9.54. The number of hydrogen-bond donors (Lipinski definition) is 1. The SMILES string of the molecule is C=C(C)C(=O)OCC(=O)NCC(=O)OC(C)CC. The number of hydrogen-bond acceptors (Lipinski definition) is 5. The Morgan fingerprint density at radius 3 is 2.44 bits per heavy atom. The normalized spacial score (nSPS) is 11.3. The molecule has 0 aliphatic heterocycles. The van der Waals surface area contributed by atoms with Crippen LogP contribution in [-0.2, 0) is 23.9 Å². The van der Waals surface area contributed by atoms with Crippen molar-refractivity contribution < 1.29 is 23.9 Å². The molecule has 0 fully saturated rings. The standard InChI is InChI=1S/C12H19NO5/c1-5-9(4)18-11(15)6-13-10(14)7-17-12(16)8(2)3/h9H,2,5-7H2,1,3-4H3,(H,13,14). The van der Waals surface area contributed by atoms with Crippen LogP contribution in [0.3, 0.4) is 0 Å². The molecule has 1 N–H and O–H groups in total. The first-order valence-electron chi connectivity index (χ1n) is 5.65. The molecule has 6 nitrogen and oxygen atoms in total. The number of amides is 1. The Kier molecular flexibility index (Phi) is 7.42. The molecule has 0 aliphatic carbocycles. The highest BCUT2D eigenvalue weighted by atomic mass is 16.5. The minimum Gasteiger partial charge on any atom is -0.461 e. The van der Waals surface area contributed by atoms with Crippen molar-refractivity contribution in [3.8, 4) is 0 Å². The highest BCUT2D eigenvalue weighted by Crippen LogP contribution is 1.95. The fraction of sp³-hybridized carbons (Fsp3) is 0.583. The minimum atomic E-state index is -0.646. The molecule has 0 aliphatic rings. The maximum atomic E-state index is 11.2. The van der Waals surface area contributed by atoms with Gasteiger partial charge in [-0.1, -0.05) is 13.5 Å². The molecule has 1 amide bonds. The summed E-state index contributed by atoms with van der Waals surface area (Å²) in [4.78, 5) is 33.4. The number of esters is 2. The Bertz CT molecular complexity index is 337. The van der Waals surface area contributed by atoms with Crippen LogP contribution >= 0.6 is 0 Å². The average molecular weight is 257 g/mol. The molecule has 1 atom stereocenters. The summed E-state index contributed by atoms with van der Waals surface area (Å²) in [6, 6.07) is 0. The van der Waals surface area contributed by atoms with Crippen LogP contribution in [0.4, 0.5) is 0 Å². The van der Waals surface area contributed by atoms with Gasteiger partial charge in [-0.3, -0.25) is 9.59 Å². The van der Waals surface area contributed by atoms with Crippen LogP contribution in [0.2, 0.25) is 0 Å². The molecule has 0 bridgehead atoms. The van der Waals surface area contributed by atoms with Crippen LogP contribution < -0.4 is 5.32 Å². The Hall–Kier alpha value is -1.85. The van der Waals surface area contributed by atoms with E-state index in [9.17, 15) is 14.4 Å². The molecular formula is C12H19NO5. The van der Waals surface area contributed by atoms with Crippen LogP contribution in [0.15, 0.2) is 12.2 Å². The predicted molar refractivity (Wildman–Crippen MR) is 64.6 cm³/mol. The van der Waals surface area contributed by atoms with Crippen molar-refractivity contribution in [1.29, 1.82) is 0 Å². The number of ether oxygens (including phenoxy) is 2. The summed E-state index contributed by atoms with van der Waals surface area (Å²) in [7, 11) is 0. The molecule has 102 valence electrons. The quantitative estimate of drug-likeness (QED) is 0.532. The molecule has 0 heterocycles. The van der Waals surface area contributed by atoms with Gasteiger partial charge in [0, 0.05) is 5.57 Å². The maximum Gasteiger partial charge on any atom is 0.333 e. The van der Waals surface area contributed by atoms with E-state index in [1.54, 1.807) is 6.92 Å². The van der Waals surface area contributed by atoms with E-state index >= 15 is 0 Å². The van der Waals surface area contributed by atoms with Gasteiger partial charge in [0.05, 0.1) is 6.10 Å². The van der Waals surface area contributed by atoms with Gasteiger partial charge in [-0.25, -0.2) is 4.79 Å². The predicted octanol–water partition coefficient (Wildman–Crippen LogP) is 0.564. The lowest BCUT2D eigenvalue weighted by atomic mass is 10.3.